The highest BCUT2D eigenvalue weighted by Crippen LogP contribution is 2.29. The van der Waals surface area contributed by atoms with Crippen LogP contribution in [0.1, 0.15) is 48.8 Å². The number of aryl methyl sites for hydroxylation is 1. The van der Waals surface area contributed by atoms with Crippen molar-refractivity contribution in [3.8, 4) is 11.5 Å². The Kier molecular flexibility index (Phi) is 6.35. The van der Waals surface area contributed by atoms with Crippen LogP contribution in [0.4, 0.5) is 0 Å². The minimum absolute atomic E-state index is 0.553. The molecule has 1 N–H and O–H groups in total. The fourth-order valence-electron chi connectivity index (χ4n) is 3.47. The fraction of sp³-hybridized carbons (Fsp3) is 0.455. The second-order valence-electron chi connectivity index (χ2n) is 6.98. The van der Waals surface area contributed by atoms with Gasteiger partial charge in [-0.3, -0.25) is 0 Å². The summed E-state index contributed by atoms with van der Waals surface area (Å²) >= 11 is 0. The van der Waals surface area contributed by atoms with Crippen LogP contribution in [0, 0.1) is 6.92 Å². The molecule has 2 aromatic carbocycles. The fourth-order valence-corrected chi connectivity index (χ4v) is 3.47. The molecule has 1 saturated carbocycles. The molecule has 1 fully saturated rings. The molecule has 0 saturated heterocycles. The predicted molar refractivity (Wildman–Crippen MR) is 102 cm³/mol. The van der Waals surface area contributed by atoms with E-state index in [9.17, 15) is 0 Å². The first kappa shape index (κ1) is 17.8. The van der Waals surface area contributed by atoms with E-state index in [1.807, 2.05) is 6.07 Å². The van der Waals surface area contributed by atoms with E-state index in [4.69, 9.17) is 9.47 Å². The van der Waals surface area contributed by atoms with E-state index >= 15 is 0 Å². The molecule has 0 bridgehead atoms. The molecular formula is C22H29NO2. The Morgan fingerprint density at radius 3 is 2.56 bits per heavy atom. The van der Waals surface area contributed by atoms with Gasteiger partial charge in [0.15, 0.2) is 11.5 Å². The maximum atomic E-state index is 5.97. The Hall–Kier alpha value is -2.00. The highest BCUT2D eigenvalue weighted by atomic mass is 16.5. The lowest BCUT2D eigenvalue weighted by molar-refractivity contribution is 0.284. The molecule has 0 atom stereocenters. The van der Waals surface area contributed by atoms with E-state index < -0.39 is 0 Å². The molecule has 134 valence electrons. The molecule has 3 rings (SSSR count). The first-order chi connectivity index (χ1) is 12.2. The van der Waals surface area contributed by atoms with E-state index in [1.54, 1.807) is 7.11 Å². The van der Waals surface area contributed by atoms with Crippen LogP contribution in [0.5, 0.6) is 11.5 Å². The highest BCUT2D eigenvalue weighted by Gasteiger charge is 2.13. The first-order valence-corrected chi connectivity index (χ1v) is 9.33. The zero-order valence-electron chi connectivity index (χ0n) is 15.4. The monoisotopic (exact) mass is 339 g/mol. The molecule has 0 aliphatic heterocycles. The van der Waals surface area contributed by atoms with Gasteiger partial charge in [-0.1, -0.05) is 55.2 Å². The molecule has 2 aromatic rings. The molecule has 0 radical (unpaired) electrons. The number of methoxy groups -OCH3 is 1. The van der Waals surface area contributed by atoms with Crippen molar-refractivity contribution in [2.75, 3.05) is 7.11 Å². The molecular weight excluding hydrogens is 310 g/mol. The van der Waals surface area contributed by atoms with Crippen LogP contribution in [0.15, 0.2) is 42.5 Å². The zero-order valence-corrected chi connectivity index (χ0v) is 15.4. The van der Waals surface area contributed by atoms with Gasteiger partial charge in [-0.2, -0.15) is 0 Å². The maximum Gasteiger partial charge on any atom is 0.161 e. The number of ether oxygens (including phenoxy) is 2. The van der Waals surface area contributed by atoms with Crippen molar-refractivity contribution in [1.82, 2.24) is 5.32 Å². The van der Waals surface area contributed by atoms with Crippen molar-refractivity contribution in [3.63, 3.8) is 0 Å². The van der Waals surface area contributed by atoms with Crippen molar-refractivity contribution in [2.24, 2.45) is 0 Å². The Balaban J connectivity index is 1.58. The number of benzene rings is 2. The number of rotatable bonds is 7. The Labute approximate surface area is 151 Å². The second kappa shape index (κ2) is 8.91. The van der Waals surface area contributed by atoms with Gasteiger partial charge in [0.25, 0.3) is 0 Å². The Morgan fingerprint density at radius 2 is 1.80 bits per heavy atom. The third-order valence-corrected chi connectivity index (χ3v) is 4.90. The smallest absolute Gasteiger partial charge is 0.161 e. The van der Waals surface area contributed by atoms with Crippen molar-refractivity contribution >= 4 is 0 Å². The molecule has 1 aliphatic carbocycles. The highest BCUT2D eigenvalue weighted by molar-refractivity contribution is 5.43. The lowest BCUT2D eigenvalue weighted by Crippen LogP contribution is -2.30. The molecule has 0 amide bonds. The standard InChI is InChI=1S/C22H29NO2/c1-17-7-6-8-19(13-17)16-25-21-12-11-18(14-22(21)24-2)15-23-20-9-4-3-5-10-20/h6-8,11-14,20,23H,3-5,9-10,15-16H2,1-2H3. The minimum atomic E-state index is 0.553. The summed E-state index contributed by atoms with van der Waals surface area (Å²) in [6.07, 6.45) is 6.70. The van der Waals surface area contributed by atoms with Crippen molar-refractivity contribution in [2.45, 2.75) is 58.2 Å². The summed E-state index contributed by atoms with van der Waals surface area (Å²) in [4.78, 5) is 0. The van der Waals surface area contributed by atoms with Crippen LogP contribution in [-0.2, 0) is 13.2 Å². The topological polar surface area (TPSA) is 30.5 Å². The van der Waals surface area contributed by atoms with Crippen molar-refractivity contribution in [1.29, 1.82) is 0 Å². The van der Waals surface area contributed by atoms with E-state index in [0.29, 0.717) is 12.6 Å². The summed E-state index contributed by atoms with van der Waals surface area (Å²) in [5.74, 6) is 1.60. The van der Waals surface area contributed by atoms with Gasteiger partial charge in [-0.25, -0.2) is 0 Å². The minimum Gasteiger partial charge on any atom is -0.493 e. The first-order valence-electron chi connectivity index (χ1n) is 9.33. The van der Waals surface area contributed by atoms with Crippen LogP contribution in [0.25, 0.3) is 0 Å². The Morgan fingerprint density at radius 1 is 0.960 bits per heavy atom. The van der Waals surface area contributed by atoms with Crippen molar-refractivity contribution in [3.05, 3.63) is 59.2 Å². The van der Waals surface area contributed by atoms with Crippen LogP contribution in [0.3, 0.4) is 0 Å². The average molecular weight is 339 g/mol. The Bertz CT molecular complexity index is 677. The quantitative estimate of drug-likeness (QED) is 0.769. The van der Waals surface area contributed by atoms with Gasteiger partial charge in [-0.05, 0) is 43.0 Å². The van der Waals surface area contributed by atoms with Crippen LogP contribution < -0.4 is 14.8 Å². The SMILES string of the molecule is COc1cc(CNC2CCCCC2)ccc1OCc1cccc(C)c1. The average Bonchev–Trinajstić information content (AvgIpc) is 2.66. The van der Waals surface area contributed by atoms with Gasteiger partial charge < -0.3 is 14.8 Å². The third kappa shape index (κ3) is 5.23. The molecule has 3 heteroatoms. The van der Waals surface area contributed by atoms with Crippen molar-refractivity contribution < 1.29 is 9.47 Å². The number of hydrogen-bond acceptors (Lipinski definition) is 3. The van der Waals surface area contributed by atoms with E-state index in [2.05, 4.69) is 48.6 Å². The maximum absolute atomic E-state index is 5.97. The summed E-state index contributed by atoms with van der Waals surface area (Å²) in [5.41, 5.74) is 3.66. The molecule has 0 aromatic heterocycles. The summed E-state index contributed by atoms with van der Waals surface area (Å²) < 4.78 is 11.5. The van der Waals surface area contributed by atoms with Gasteiger partial charge in [0, 0.05) is 12.6 Å². The van der Waals surface area contributed by atoms with Crippen LogP contribution in [0.2, 0.25) is 0 Å². The zero-order chi connectivity index (χ0) is 17.5. The largest absolute Gasteiger partial charge is 0.493 e. The van der Waals surface area contributed by atoms with E-state index in [0.717, 1.165) is 18.0 Å². The van der Waals surface area contributed by atoms with Gasteiger partial charge in [-0.15, -0.1) is 0 Å². The summed E-state index contributed by atoms with van der Waals surface area (Å²) in [5, 5.41) is 3.68. The van der Waals surface area contributed by atoms with E-state index in [1.165, 1.54) is 48.8 Å². The molecule has 1 aliphatic rings. The molecule has 3 nitrogen and oxygen atoms in total. The summed E-state index contributed by atoms with van der Waals surface area (Å²) in [6, 6.07) is 15.3. The number of nitrogens with one attached hydrogen (secondary N) is 1. The molecule has 0 unspecified atom stereocenters. The van der Waals surface area contributed by atoms with E-state index in [-0.39, 0.29) is 0 Å². The third-order valence-electron chi connectivity index (χ3n) is 4.90. The lowest BCUT2D eigenvalue weighted by Gasteiger charge is -2.23. The van der Waals surface area contributed by atoms with Gasteiger partial charge in [0.05, 0.1) is 7.11 Å². The molecule has 25 heavy (non-hydrogen) atoms. The normalized spacial score (nSPS) is 15.1. The van der Waals surface area contributed by atoms with Gasteiger partial charge in [0.2, 0.25) is 0 Å². The van der Waals surface area contributed by atoms with Gasteiger partial charge in [0.1, 0.15) is 6.61 Å². The lowest BCUT2D eigenvalue weighted by atomic mass is 9.95. The van der Waals surface area contributed by atoms with Gasteiger partial charge >= 0.3 is 0 Å². The summed E-state index contributed by atoms with van der Waals surface area (Å²) in [7, 11) is 1.70. The molecule has 0 spiro atoms. The molecule has 0 heterocycles. The second-order valence-corrected chi connectivity index (χ2v) is 6.98. The summed E-state index contributed by atoms with van der Waals surface area (Å²) in [6.45, 7) is 3.54. The predicted octanol–water partition coefficient (Wildman–Crippen LogP) is 5.00. The van der Waals surface area contributed by atoms with Crippen LogP contribution >= 0.6 is 0 Å². The van der Waals surface area contributed by atoms with Crippen LogP contribution in [-0.4, -0.2) is 13.2 Å². The number of hydrogen-bond donors (Lipinski definition) is 1.